The molecule has 1 aliphatic heterocycles. The lowest BCUT2D eigenvalue weighted by molar-refractivity contribution is -0.124. The highest BCUT2D eigenvalue weighted by Gasteiger charge is 2.39. The lowest BCUT2D eigenvalue weighted by Crippen LogP contribution is -2.56. The van der Waals surface area contributed by atoms with Crippen LogP contribution in [0.5, 0.6) is 5.75 Å². The molecule has 0 spiro atoms. The Hall–Kier alpha value is -3.34. The fourth-order valence-electron chi connectivity index (χ4n) is 4.77. The fourth-order valence-corrected chi connectivity index (χ4v) is 4.77. The molecule has 2 atom stereocenters. The van der Waals surface area contributed by atoms with E-state index in [0.717, 1.165) is 18.4 Å². The van der Waals surface area contributed by atoms with Crippen molar-refractivity contribution >= 4 is 28.9 Å². The summed E-state index contributed by atoms with van der Waals surface area (Å²) < 4.78 is 12.6. The number of nitrogens with zero attached hydrogens (tertiary/aromatic N) is 4. The standard InChI is InChI=1S/C25H37N5O6/c1-16(2)13-30(18-12-17(22(26)31)14-28(15-18)25(33)34)24(32)23-27-21-19(8-7-9-20(21)36-4)29(23)10-5-6-11-35-3/h7-9,16-18H,5-6,10-15H2,1-4H3,(H2,26,31)(H,33,34)/t17-,18+/m1/s1. The van der Waals surface area contributed by atoms with Crippen LogP contribution >= 0.6 is 0 Å². The summed E-state index contributed by atoms with van der Waals surface area (Å²) in [7, 11) is 3.21. The van der Waals surface area contributed by atoms with Gasteiger partial charge in [-0.3, -0.25) is 9.59 Å². The maximum Gasteiger partial charge on any atom is 0.407 e. The van der Waals surface area contributed by atoms with Crippen molar-refractivity contribution < 1.29 is 29.0 Å². The zero-order valence-electron chi connectivity index (χ0n) is 21.5. The van der Waals surface area contributed by atoms with E-state index < -0.39 is 24.0 Å². The predicted octanol–water partition coefficient (Wildman–Crippen LogP) is 2.42. The zero-order chi connectivity index (χ0) is 26.4. The number of carbonyl (C=O) groups is 3. The second-order valence-electron chi connectivity index (χ2n) is 9.64. The van der Waals surface area contributed by atoms with Crippen LogP contribution in [-0.2, 0) is 16.1 Å². The highest BCUT2D eigenvalue weighted by atomic mass is 16.5. The summed E-state index contributed by atoms with van der Waals surface area (Å²) >= 11 is 0. The first kappa shape index (κ1) is 27.3. The lowest BCUT2D eigenvalue weighted by atomic mass is 9.92. The number of piperidine rings is 1. The summed E-state index contributed by atoms with van der Waals surface area (Å²) in [6, 6.07) is 5.05. The van der Waals surface area contributed by atoms with E-state index in [0.29, 0.717) is 37.4 Å². The number of para-hydroxylation sites is 1. The van der Waals surface area contributed by atoms with Crippen molar-refractivity contribution in [2.24, 2.45) is 17.6 Å². The molecule has 36 heavy (non-hydrogen) atoms. The number of benzene rings is 1. The Morgan fingerprint density at radius 2 is 1.97 bits per heavy atom. The van der Waals surface area contributed by atoms with Gasteiger partial charge < -0.3 is 34.7 Å². The van der Waals surface area contributed by atoms with Gasteiger partial charge in [0, 0.05) is 39.9 Å². The Bertz CT molecular complexity index is 1060. The monoisotopic (exact) mass is 503 g/mol. The number of rotatable bonds is 11. The van der Waals surface area contributed by atoms with Crippen LogP contribution in [0.25, 0.3) is 11.0 Å². The van der Waals surface area contributed by atoms with E-state index in [1.807, 2.05) is 30.5 Å². The molecule has 1 aromatic carbocycles. The Labute approximate surface area is 211 Å². The molecule has 0 radical (unpaired) electrons. The van der Waals surface area contributed by atoms with E-state index in [4.69, 9.17) is 20.2 Å². The van der Waals surface area contributed by atoms with Crippen LogP contribution in [0.4, 0.5) is 4.79 Å². The molecule has 1 aromatic heterocycles. The van der Waals surface area contributed by atoms with Crippen molar-refractivity contribution in [3.8, 4) is 5.75 Å². The number of fused-ring (bicyclic) bond motifs is 1. The molecule has 1 fully saturated rings. The molecular weight excluding hydrogens is 466 g/mol. The molecule has 0 unspecified atom stereocenters. The third-order valence-electron chi connectivity index (χ3n) is 6.50. The third kappa shape index (κ3) is 6.07. The molecule has 3 amide bonds. The average molecular weight is 504 g/mol. The number of imidazole rings is 1. The van der Waals surface area contributed by atoms with Gasteiger partial charge in [-0.05, 0) is 37.3 Å². The summed E-state index contributed by atoms with van der Waals surface area (Å²) in [5.74, 6) is -0.621. The van der Waals surface area contributed by atoms with Gasteiger partial charge in [0.1, 0.15) is 11.3 Å². The number of ether oxygens (including phenoxy) is 2. The second kappa shape index (κ2) is 12.1. The number of hydrogen-bond acceptors (Lipinski definition) is 6. The van der Waals surface area contributed by atoms with Gasteiger partial charge >= 0.3 is 6.09 Å². The van der Waals surface area contributed by atoms with Crippen LogP contribution in [0, 0.1) is 11.8 Å². The highest BCUT2D eigenvalue weighted by Crippen LogP contribution is 2.29. The third-order valence-corrected chi connectivity index (χ3v) is 6.50. The number of carbonyl (C=O) groups excluding carboxylic acids is 2. The van der Waals surface area contributed by atoms with Crippen molar-refractivity contribution in [2.75, 3.05) is 40.5 Å². The van der Waals surface area contributed by atoms with Gasteiger partial charge in [-0.2, -0.15) is 0 Å². The van der Waals surface area contributed by atoms with Gasteiger partial charge in [0.15, 0.2) is 5.82 Å². The van der Waals surface area contributed by atoms with E-state index >= 15 is 0 Å². The highest BCUT2D eigenvalue weighted by molar-refractivity contribution is 5.96. The minimum atomic E-state index is -1.14. The van der Waals surface area contributed by atoms with E-state index in [9.17, 15) is 19.5 Å². The van der Waals surface area contributed by atoms with Gasteiger partial charge in [0.05, 0.1) is 24.6 Å². The van der Waals surface area contributed by atoms with E-state index in [2.05, 4.69) is 0 Å². The first-order valence-electron chi connectivity index (χ1n) is 12.3. The molecule has 2 heterocycles. The summed E-state index contributed by atoms with van der Waals surface area (Å²) in [5.41, 5.74) is 6.94. The smallest absolute Gasteiger partial charge is 0.407 e. The normalized spacial score (nSPS) is 18.0. The number of nitrogens with two attached hydrogens (primary N) is 1. The van der Waals surface area contributed by atoms with Crippen molar-refractivity contribution in [3.05, 3.63) is 24.0 Å². The van der Waals surface area contributed by atoms with Crippen LogP contribution in [0.3, 0.4) is 0 Å². The van der Waals surface area contributed by atoms with Crippen molar-refractivity contribution in [3.63, 3.8) is 0 Å². The summed E-state index contributed by atoms with van der Waals surface area (Å²) in [5, 5.41) is 9.64. The molecule has 11 nitrogen and oxygen atoms in total. The summed E-state index contributed by atoms with van der Waals surface area (Å²) in [4.78, 5) is 45.5. The van der Waals surface area contributed by atoms with Gasteiger partial charge in [-0.1, -0.05) is 19.9 Å². The quantitative estimate of drug-likeness (QED) is 0.449. The van der Waals surface area contributed by atoms with Crippen LogP contribution in [0.1, 0.15) is 43.7 Å². The van der Waals surface area contributed by atoms with Gasteiger partial charge in [-0.15, -0.1) is 0 Å². The van der Waals surface area contributed by atoms with Crippen LogP contribution in [-0.4, -0.2) is 88.9 Å². The maximum absolute atomic E-state index is 14.1. The molecule has 1 aliphatic rings. The average Bonchev–Trinajstić information content (AvgIpc) is 3.23. The molecule has 3 N–H and O–H groups in total. The molecule has 198 valence electrons. The van der Waals surface area contributed by atoms with Crippen molar-refractivity contribution in [1.29, 1.82) is 0 Å². The molecule has 1 saturated heterocycles. The van der Waals surface area contributed by atoms with Gasteiger partial charge in [0.2, 0.25) is 5.91 Å². The minimum Gasteiger partial charge on any atom is -0.494 e. The van der Waals surface area contributed by atoms with Crippen molar-refractivity contribution in [2.45, 2.75) is 45.7 Å². The number of primary amides is 1. The number of amides is 3. The summed E-state index contributed by atoms with van der Waals surface area (Å²) in [6.07, 6.45) is 0.758. The predicted molar refractivity (Wildman–Crippen MR) is 134 cm³/mol. The largest absolute Gasteiger partial charge is 0.494 e. The molecule has 3 rings (SSSR count). The molecule has 0 bridgehead atoms. The number of aryl methyl sites for hydroxylation is 1. The Balaban J connectivity index is 2.04. The molecule has 2 aromatic rings. The van der Waals surface area contributed by atoms with Gasteiger partial charge in [-0.25, -0.2) is 9.78 Å². The zero-order valence-corrected chi connectivity index (χ0v) is 21.5. The molecule has 0 saturated carbocycles. The van der Waals surface area contributed by atoms with Gasteiger partial charge in [0.25, 0.3) is 5.91 Å². The van der Waals surface area contributed by atoms with Crippen LogP contribution in [0.2, 0.25) is 0 Å². The topological polar surface area (TPSA) is 140 Å². The molecule has 0 aliphatic carbocycles. The number of aromatic nitrogens is 2. The molecular formula is C25H37N5O6. The number of methoxy groups -OCH3 is 2. The number of unbranched alkanes of at least 4 members (excludes halogenated alkanes) is 1. The molecule has 11 heteroatoms. The van der Waals surface area contributed by atoms with E-state index in [1.54, 1.807) is 25.2 Å². The SMILES string of the molecule is COCCCCn1c(C(=O)N(CC(C)C)[C@H]2C[C@@H](C(N)=O)CN(C(=O)O)C2)nc2c(OC)cccc21. The minimum absolute atomic E-state index is 0.0279. The first-order valence-corrected chi connectivity index (χ1v) is 12.3. The second-order valence-corrected chi connectivity index (χ2v) is 9.64. The maximum atomic E-state index is 14.1. The van der Waals surface area contributed by atoms with E-state index in [1.165, 1.54) is 4.90 Å². The number of hydrogen-bond donors (Lipinski definition) is 2. The Morgan fingerprint density at radius 3 is 2.58 bits per heavy atom. The Kier molecular flexibility index (Phi) is 9.14. The first-order chi connectivity index (χ1) is 17.2. The van der Waals surface area contributed by atoms with Crippen molar-refractivity contribution in [1.82, 2.24) is 19.4 Å². The van der Waals surface area contributed by atoms with Crippen LogP contribution in [0.15, 0.2) is 18.2 Å². The number of carboxylic acid groups (broad SMARTS) is 1. The van der Waals surface area contributed by atoms with E-state index in [-0.39, 0.29) is 30.7 Å². The van der Waals surface area contributed by atoms with Crippen LogP contribution < -0.4 is 10.5 Å². The fraction of sp³-hybridized carbons (Fsp3) is 0.600. The lowest BCUT2D eigenvalue weighted by Gasteiger charge is -2.41. The Morgan fingerprint density at radius 1 is 1.22 bits per heavy atom. The summed E-state index contributed by atoms with van der Waals surface area (Å²) in [6.45, 7) is 5.65. The number of likely N-dealkylation sites (tertiary alicyclic amines) is 1.